The molecule has 0 saturated carbocycles. The van der Waals surface area contributed by atoms with E-state index in [0.29, 0.717) is 0 Å². The summed E-state index contributed by atoms with van der Waals surface area (Å²) >= 11 is 0. The molecule has 0 saturated heterocycles. The van der Waals surface area contributed by atoms with Gasteiger partial charge in [0.05, 0.1) is 11.4 Å². The standard InChI is InChI=1S/C24H19N3/c1-27-16-20(19-14-8-9-15-21(19)27)24-25-22(17-10-4-2-5-11-17)23(26-24)18-12-6-3-7-13-18/h2-16H,1H3,(H,25,26). The van der Waals surface area contributed by atoms with Crippen LogP contribution in [0.3, 0.4) is 0 Å². The van der Waals surface area contributed by atoms with E-state index in [0.717, 1.165) is 33.9 Å². The minimum absolute atomic E-state index is 0.893. The lowest BCUT2D eigenvalue weighted by Crippen LogP contribution is -1.82. The lowest BCUT2D eigenvalue weighted by atomic mass is 10.1. The van der Waals surface area contributed by atoms with Crippen molar-refractivity contribution in [3.63, 3.8) is 0 Å². The van der Waals surface area contributed by atoms with Gasteiger partial charge in [-0.1, -0.05) is 78.9 Å². The molecule has 3 nitrogen and oxygen atoms in total. The molecule has 2 heterocycles. The topological polar surface area (TPSA) is 33.6 Å². The molecule has 0 atom stereocenters. The lowest BCUT2D eigenvalue weighted by molar-refractivity contribution is 0.969. The summed E-state index contributed by atoms with van der Waals surface area (Å²) in [4.78, 5) is 8.62. The Morgan fingerprint density at radius 1 is 0.741 bits per heavy atom. The van der Waals surface area contributed by atoms with Crippen molar-refractivity contribution in [3.05, 3.63) is 91.1 Å². The van der Waals surface area contributed by atoms with Crippen LogP contribution in [0.4, 0.5) is 0 Å². The minimum Gasteiger partial charge on any atom is -0.350 e. The first kappa shape index (κ1) is 15.6. The van der Waals surface area contributed by atoms with Crippen LogP contribution in [0.5, 0.6) is 0 Å². The molecule has 3 aromatic carbocycles. The molecule has 2 aromatic heterocycles. The lowest BCUT2D eigenvalue weighted by Gasteiger charge is -2.02. The number of hydrogen-bond acceptors (Lipinski definition) is 1. The van der Waals surface area contributed by atoms with Crippen LogP contribution in [0.1, 0.15) is 0 Å². The Balaban J connectivity index is 1.76. The van der Waals surface area contributed by atoms with Gasteiger partial charge in [-0.05, 0) is 6.07 Å². The van der Waals surface area contributed by atoms with E-state index in [1.165, 1.54) is 10.9 Å². The quantitative estimate of drug-likeness (QED) is 0.432. The van der Waals surface area contributed by atoms with E-state index in [2.05, 4.69) is 95.6 Å². The van der Waals surface area contributed by atoms with E-state index in [1.54, 1.807) is 0 Å². The van der Waals surface area contributed by atoms with Crippen molar-refractivity contribution in [1.29, 1.82) is 0 Å². The number of nitrogens with one attached hydrogen (secondary N) is 1. The predicted octanol–water partition coefficient (Wildman–Crippen LogP) is 5.90. The zero-order valence-corrected chi connectivity index (χ0v) is 15.1. The highest BCUT2D eigenvalue weighted by Gasteiger charge is 2.17. The number of aryl methyl sites for hydroxylation is 1. The van der Waals surface area contributed by atoms with Crippen LogP contribution in [0.2, 0.25) is 0 Å². The second kappa shape index (κ2) is 6.29. The molecule has 3 heteroatoms. The van der Waals surface area contributed by atoms with Crippen LogP contribution in [-0.4, -0.2) is 14.5 Å². The van der Waals surface area contributed by atoms with Gasteiger partial charge in [-0.25, -0.2) is 4.98 Å². The summed E-state index contributed by atoms with van der Waals surface area (Å²) in [6, 6.07) is 29.2. The van der Waals surface area contributed by atoms with Crippen molar-refractivity contribution < 1.29 is 0 Å². The summed E-state index contributed by atoms with van der Waals surface area (Å²) < 4.78 is 2.15. The number of nitrogens with zero attached hydrogens (tertiary/aromatic N) is 2. The first-order valence-electron chi connectivity index (χ1n) is 9.06. The number of aromatic nitrogens is 3. The van der Waals surface area contributed by atoms with Crippen LogP contribution < -0.4 is 0 Å². The Kier molecular flexibility index (Phi) is 3.65. The van der Waals surface area contributed by atoms with Crippen molar-refractivity contribution in [2.75, 3.05) is 0 Å². The Morgan fingerprint density at radius 2 is 1.37 bits per heavy atom. The monoisotopic (exact) mass is 349 g/mol. The molecular weight excluding hydrogens is 330 g/mol. The highest BCUT2D eigenvalue weighted by molar-refractivity contribution is 5.95. The normalized spacial score (nSPS) is 11.1. The number of aromatic amines is 1. The molecule has 5 aromatic rings. The third-order valence-electron chi connectivity index (χ3n) is 4.97. The molecule has 130 valence electrons. The van der Waals surface area contributed by atoms with Crippen LogP contribution in [-0.2, 0) is 7.05 Å². The van der Waals surface area contributed by atoms with E-state index in [4.69, 9.17) is 4.98 Å². The molecule has 0 aliphatic carbocycles. The molecule has 0 spiro atoms. The number of hydrogen-bond donors (Lipinski definition) is 1. The molecule has 27 heavy (non-hydrogen) atoms. The molecule has 0 bridgehead atoms. The number of H-pyrrole nitrogens is 1. The highest BCUT2D eigenvalue weighted by atomic mass is 15.0. The van der Waals surface area contributed by atoms with E-state index in [9.17, 15) is 0 Å². The average Bonchev–Trinajstić information content (AvgIpc) is 3.32. The van der Waals surface area contributed by atoms with Crippen molar-refractivity contribution in [3.8, 4) is 33.9 Å². The van der Waals surface area contributed by atoms with Crippen LogP contribution in [0.15, 0.2) is 91.1 Å². The fraction of sp³-hybridized carbons (Fsp3) is 0.0417. The van der Waals surface area contributed by atoms with Crippen LogP contribution >= 0.6 is 0 Å². The first-order chi connectivity index (χ1) is 13.3. The Morgan fingerprint density at radius 3 is 2.11 bits per heavy atom. The fourth-order valence-corrected chi connectivity index (χ4v) is 3.65. The third-order valence-corrected chi connectivity index (χ3v) is 4.97. The average molecular weight is 349 g/mol. The maximum Gasteiger partial charge on any atom is 0.140 e. The SMILES string of the molecule is Cn1cc(-c2nc(-c3ccccc3)c(-c3ccccc3)[nH]2)c2ccccc21. The summed E-state index contributed by atoms with van der Waals surface area (Å²) in [7, 11) is 2.07. The molecule has 0 fully saturated rings. The van der Waals surface area contributed by atoms with Crippen molar-refractivity contribution >= 4 is 10.9 Å². The second-order valence-corrected chi connectivity index (χ2v) is 6.71. The molecule has 0 radical (unpaired) electrons. The number of benzene rings is 3. The molecule has 1 N–H and O–H groups in total. The molecule has 0 aliphatic rings. The summed E-state index contributed by atoms with van der Waals surface area (Å²) in [5.74, 6) is 0.893. The largest absolute Gasteiger partial charge is 0.350 e. The van der Waals surface area contributed by atoms with Crippen LogP contribution in [0, 0.1) is 0 Å². The third kappa shape index (κ3) is 2.64. The number of fused-ring (bicyclic) bond motifs is 1. The summed E-state index contributed by atoms with van der Waals surface area (Å²) in [5.41, 5.74) is 6.59. The highest BCUT2D eigenvalue weighted by Crippen LogP contribution is 2.35. The Bertz CT molecular complexity index is 1160. The summed E-state index contributed by atoms with van der Waals surface area (Å²) in [5, 5.41) is 1.20. The van der Waals surface area contributed by atoms with Gasteiger partial charge < -0.3 is 9.55 Å². The maximum absolute atomic E-state index is 5.02. The first-order valence-corrected chi connectivity index (χ1v) is 9.06. The molecular formula is C24H19N3. The second-order valence-electron chi connectivity index (χ2n) is 6.71. The van der Waals surface area contributed by atoms with Crippen LogP contribution in [0.25, 0.3) is 44.8 Å². The number of para-hydroxylation sites is 1. The van der Waals surface area contributed by atoms with Gasteiger partial charge in [-0.15, -0.1) is 0 Å². The fourth-order valence-electron chi connectivity index (χ4n) is 3.65. The molecule has 0 aliphatic heterocycles. The predicted molar refractivity (Wildman–Crippen MR) is 111 cm³/mol. The van der Waals surface area contributed by atoms with Gasteiger partial charge in [0, 0.05) is 40.8 Å². The maximum atomic E-state index is 5.02. The van der Waals surface area contributed by atoms with Gasteiger partial charge in [0.2, 0.25) is 0 Å². The summed E-state index contributed by atoms with van der Waals surface area (Å²) in [6.07, 6.45) is 2.15. The summed E-state index contributed by atoms with van der Waals surface area (Å²) in [6.45, 7) is 0. The van der Waals surface area contributed by atoms with E-state index < -0.39 is 0 Å². The number of imidazole rings is 1. The smallest absolute Gasteiger partial charge is 0.140 e. The minimum atomic E-state index is 0.893. The van der Waals surface area contributed by atoms with E-state index in [-0.39, 0.29) is 0 Å². The zero-order valence-electron chi connectivity index (χ0n) is 15.1. The van der Waals surface area contributed by atoms with Crippen molar-refractivity contribution in [2.24, 2.45) is 7.05 Å². The van der Waals surface area contributed by atoms with Gasteiger partial charge >= 0.3 is 0 Å². The van der Waals surface area contributed by atoms with Crippen molar-refractivity contribution in [2.45, 2.75) is 0 Å². The molecule has 5 rings (SSSR count). The van der Waals surface area contributed by atoms with E-state index >= 15 is 0 Å². The Labute approximate surface area is 157 Å². The van der Waals surface area contributed by atoms with Crippen molar-refractivity contribution in [1.82, 2.24) is 14.5 Å². The molecule has 0 unspecified atom stereocenters. The number of rotatable bonds is 3. The van der Waals surface area contributed by atoms with Gasteiger partial charge in [-0.3, -0.25) is 0 Å². The van der Waals surface area contributed by atoms with E-state index in [1.807, 2.05) is 12.1 Å². The van der Waals surface area contributed by atoms with Gasteiger partial charge in [-0.2, -0.15) is 0 Å². The Hall–Kier alpha value is -3.59. The van der Waals surface area contributed by atoms with Gasteiger partial charge in [0.1, 0.15) is 5.82 Å². The zero-order chi connectivity index (χ0) is 18.2. The molecule has 0 amide bonds. The van der Waals surface area contributed by atoms with Gasteiger partial charge in [0.25, 0.3) is 0 Å². The van der Waals surface area contributed by atoms with Gasteiger partial charge in [0.15, 0.2) is 0 Å².